The van der Waals surface area contributed by atoms with E-state index >= 15 is 0 Å². The number of anilines is 1. The number of rotatable bonds is 4. The van der Waals surface area contributed by atoms with E-state index in [9.17, 15) is 18.8 Å². The zero-order chi connectivity index (χ0) is 27.6. The van der Waals surface area contributed by atoms with Crippen LogP contribution in [0.25, 0.3) is 0 Å². The van der Waals surface area contributed by atoms with Gasteiger partial charge < -0.3 is 24.8 Å². The van der Waals surface area contributed by atoms with Crippen molar-refractivity contribution >= 4 is 23.6 Å². The van der Waals surface area contributed by atoms with E-state index in [-0.39, 0.29) is 25.4 Å². The summed E-state index contributed by atoms with van der Waals surface area (Å²) < 4.78 is 26.1. The fourth-order valence-electron chi connectivity index (χ4n) is 4.09. The van der Waals surface area contributed by atoms with E-state index < -0.39 is 29.6 Å². The van der Waals surface area contributed by atoms with Gasteiger partial charge in [-0.3, -0.25) is 19.5 Å². The van der Waals surface area contributed by atoms with Gasteiger partial charge in [-0.05, 0) is 36.4 Å². The first kappa shape index (κ1) is 25.5. The van der Waals surface area contributed by atoms with Crippen LogP contribution >= 0.6 is 0 Å². The van der Waals surface area contributed by atoms with Crippen molar-refractivity contribution in [3.63, 3.8) is 0 Å². The predicted molar refractivity (Wildman–Crippen MR) is 138 cm³/mol. The zero-order valence-corrected chi connectivity index (χ0v) is 20.8. The number of aromatic nitrogens is 1. The summed E-state index contributed by atoms with van der Waals surface area (Å²) in [4.78, 5) is 43.4. The number of carbonyl (C=O) groups excluding carboxylic acids is 2. The highest BCUT2D eigenvalue weighted by Gasteiger charge is 2.45. The molecule has 198 valence electrons. The summed E-state index contributed by atoms with van der Waals surface area (Å²) in [6.07, 6.45) is 0.242. The Morgan fingerprint density at radius 3 is 2.67 bits per heavy atom. The van der Waals surface area contributed by atoms with Gasteiger partial charge in [-0.25, -0.2) is 9.18 Å². The van der Waals surface area contributed by atoms with E-state index in [0.717, 1.165) is 4.90 Å². The molecule has 0 radical (unpaired) electrons. The minimum Gasteiger partial charge on any atom is -0.489 e. The molecule has 0 spiro atoms. The Kier molecular flexibility index (Phi) is 6.77. The molecule has 1 aromatic heterocycles. The normalized spacial score (nSPS) is 17.4. The molecular weight excluding hydrogens is 507 g/mol. The molecule has 1 saturated heterocycles. The number of carboxylic acid groups (broad SMARTS) is 1. The van der Waals surface area contributed by atoms with Gasteiger partial charge in [0.2, 0.25) is 5.67 Å². The second kappa shape index (κ2) is 10.3. The molecule has 2 aliphatic rings. The van der Waals surface area contributed by atoms with Crippen molar-refractivity contribution in [1.82, 2.24) is 15.2 Å². The number of likely N-dealkylation sites (tertiary alicyclic amines) is 1. The molecule has 39 heavy (non-hydrogen) atoms. The molecule has 11 heteroatoms. The number of fused-ring (bicyclic) bond motifs is 1. The van der Waals surface area contributed by atoms with Crippen molar-refractivity contribution in [2.75, 3.05) is 31.6 Å². The number of para-hydroxylation sites is 1. The van der Waals surface area contributed by atoms with Crippen LogP contribution in [0.15, 0.2) is 66.9 Å². The van der Waals surface area contributed by atoms with Crippen LogP contribution in [-0.4, -0.2) is 71.4 Å². The van der Waals surface area contributed by atoms with Crippen molar-refractivity contribution in [2.45, 2.75) is 11.7 Å². The molecule has 10 nitrogen and oxygen atoms in total. The van der Waals surface area contributed by atoms with E-state index in [1.54, 1.807) is 36.4 Å². The highest BCUT2D eigenvalue weighted by atomic mass is 19.1. The quantitative estimate of drug-likeness (QED) is 0.498. The SMILES string of the molecule is CN1C(=O)[C@@H](NC(=O)c2cc(Oc3ccccc3)ccn2)COc2ccc(C#CC3(F)CN(C(=O)O)C3)cc21. The van der Waals surface area contributed by atoms with E-state index in [1.807, 2.05) is 18.2 Å². The third-order valence-corrected chi connectivity index (χ3v) is 6.19. The second-order valence-electron chi connectivity index (χ2n) is 9.06. The Bertz CT molecular complexity index is 1500. The Labute approximate surface area is 223 Å². The third-order valence-electron chi connectivity index (χ3n) is 6.19. The molecule has 0 saturated carbocycles. The Hall–Kier alpha value is -5.11. The molecule has 2 aromatic carbocycles. The van der Waals surface area contributed by atoms with Gasteiger partial charge in [-0.15, -0.1) is 0 Å². The van der Waals surface area contributed by atoms with Crippen molar-refractivity contribution in [3.8, 4) is 29.1 Å². The number of carbonyl (C=O) groups is 3. The summed E-state index contributed by atoms with van der Waals surface area (Å²) in [6, 6.07) is 16.0. The molecule has 0 bridgehead atoms. The second-order valence-corrected chi connectivity index (χ2v) is 9.06. The number of benzene rings is 2. The fraction of sp³-hybridized carbons (Fsp3) is 0.214. The maximum atomic E-state index is 14.6. The van der Waals surface area contributed by atoms with Crippen molar-refractivity contribution < 1.29 is 33.4 Å². The molecular formula is C28H23FN4O6. The van der Waals surface area contributed by atoms with Crippen LogP contribution in [0, 0.1) is 11.8 Å². The standard InChI is InChI=1S/C28H23FN4O6/c1-32-23-13-18(9-11-28(29)16-33(17-28)27(36)37)7-8-24(23)38-15-22(26(32)35)31-25(34)21-14-20(10-12-30-21)39-19-5-3-2-4-6-19/h2-8,10,12-14,22H,15-17H2,1H3,(H,31,34)(H,36,37)/t22-/m0/s1. The highest BCUT2D eigenvalue weighted by Crippen LogP contribution is 2.32. The number of pyridine rings is 1. The number of halogens is 1. The van der Waals surface area contributed by atoms with E-state index in [4.69, 9.17) is 14.6 Å². The van der Waals surface area contributed by atoms with Crippen LogP contribution in [0.4, 0.5) is 14.9 Å². The van der Waals surface area contributed by atoms with Gasteiger partial charge in [-0.1, -0.05) is 30.0 Å². The first-order valence-corrected chi connectivity index (χ1v) is 11.9. The van der Waals surface area contributed by atoms with Crippen LogP contribution < -0.4 is 19.7 Å². The summed E-state index contributed by atoms with van der Waals surface area (Å²) in [7, 11) is 1.53. The number of nitrogens with zero attached hydrogens (tertiary/aromatic N) is 3. The number of hydrogen-bond acceptors (Lipinski definition) is 6. The largest absolute Gasteiger partial charge is 0.489 e. The zero-order valence-electron chi connectivity index (χ0n) is 20.8. The first-order valence-electron chi connectivity index (χ1n) is 11.9. The number of nitrogens with one attached hydrogen (secondary N) is 1. The van der Waals surface area contributed by atoms with Crippen LogP contribution in [0.3, 0.4) is 0 Å². The fourth-order valence-corrected chi connectivity index (χ4v) is 4.09. The minimum atomic E-state index is -1.92. The molecule has 5 rings (SSSR count). The monoisotopic (exact) mass is 530 g/mol. The van der Waals surface area contributed by atoms with Crippen molar-refractivity contribution in [2.24, 2.45) is 0 Å². The lowest BCUT2D eigenvalue weighted by Gasteiger charge is -2.38. The molecule has 1 atom stereocenters. The van der Waals surface area contributed by atoms with Gasteiger partial charge in [0.1, 0.15) is 35.6 Å². The molecule has 0 unspecified atom stereocenters. The van der Waals surface area contributed by atoms with Gasteiger partial charge >= 0.3 is 6.09 Å². The average molecular weight is 531 g/mol. The summed E-state index contributed by atoms with van der Waals surface area (Å²) in [6.45, 7) is -0.760. The maximum absolute atomic E-state index is 14.6. The van der Waals surface area contributed by atoms with Crippen LogP contribution in [0.1, 0.15) is 16.1 Å². The van der Waals surface area contributed by atoms with Crippen LogP contribution in [0.5, 0.6) is 17.2 Å². The number of alkyl halides is 1. The Morgan fingerprint density at radius 2 is 1.92 bits per heavy atom. The molecule has 1 fully saturated rings. The third kappa shape index (κ3) is 5.60. The maximum Gasteiger partial charge on any atom is 0.407 e. The van der Waals surface area contributed by atoms with Gasteiger partial charge in [0.25, 0.3) is 11.8 Å². The molecule has 2 aliphatic heterocycles. The summed E-state index contributed by atoms with van der Waals surface area (Å²) in [5, 5.41) is 11.6. The first-order chi connectivity index (χ1) is 18.7. The number of ether oxygens (including phenoxy) is 2. The van der Waals surface area contributed by atoms with Gasteiger partial charge in [-0.2, -0.15) is 0 Å². The Morgan fingerprint density at radius 1 is 1.15 bits per heavy atom. The molecule has 3 amide bonds. The summed E-state index contributed by atoms with van der Waals surface area (Å²) in [5.41, 5.74) is -1.04. The topological polar surface area (TPSA) is 121 Å². The molecule has 2 N–H and O–H groups in total. The van der Waals surface area contributed by atoms with E-state index in [2.05, 4.69) is 22.1 Å². The molecule has 3 heterocycles. The summed E-state index contributed by atoms with van der Waals surface area (Å²) in [5.74, 6) is 5.58. The lowest BCUT2D eigenvalue weighted by atomic mass is 9.97. The molecule has 0 aliphatic carbocycles. The van der Waals surface area contributed by atoms with Gasteiger partial charge in [0, 0.05) is 24.9 Å². The minimum absolute atomic E-state index is 0.0656. The van der Waals surface area contributed by atoms with Crippen molar-refractivity contribution in [1.29, 1.82) is 0 Å². The van der Waals surface area contributed by atoms with Crippen molar-refractivity contribution in [3.05, 3.63) is 78.1 Å². The lowest BCUT2D eigenvalue weighted by Crippen LogP contribution is -2.59. The smallest absolute Gasteiger partial charge is 0.407 e. The number of likely N-dealkylation sites (N-methyl/N-ethyl adjacent to an activating group) is 1. The van der Waals surface area contributed by atoms with Crippen LogP contribution in [0.2, 0.25) is 0 Å². The summed E-state index contributed by atoms with van der Waals surface area (Å²) >= 11 is 0. The average Bonchev–Trinajstić information content (AvgIpc) is 3.03. The number of amides is 3. The van der Waals surface area contributed by atoms with Gasteiger partial charge in [0.05, 0.1) is 18.8 Å². The number of hydrogen-bond donors (Lipinski definition) is 2. The van der Waals surface area contributed by atoms with Gasteiger partial charge in [0.15, 0.2) is 0 Å². The Balaban J connectivity index is 1.27. The lowest BCUT2D eigenvalue weighted by molar-refractivity contribution is -0.120. The van der Waals surface area contributed by atoms with Crippen LogP contribution in [-0.2, 0) is 4.79 Å². The molecule has 3 aromatic rings. The van der Waals surface area contributed by atoms with E-state index in [1.165, 1.54) is 24.2 Å². The predicted octanol–water partition coefficient (Wildman–Crippen LogP) is 3.08. The van der Waals surface area contributed by atoms with E-state index in [0.29, 0.717) is 28.5 Å². The highest BCUT2D eigenvalue weighted by molar-refractivity contribution is 6.03.